The van der Waals surface area contributed by atoms with Gasteiger partial charge in [0.1, 0.15) is 0 Å². The lowest BCUT2D eigenvalue weighted by molar-refractivity contribution is 0.436. The van der Waals surface area contributed by atoms with E-state index in [0.29, 0.717) is 6.54 Å². The van der Waals surface area contributed by atoms with Crippen LogP contribution in [0.3, 0.4) is 0 Å². The van der Waals surface area contributed by atoms with Crippen LogP contribution in [0.5, 0.6) is 0 Å². The van der Waals surface area contributed by atoms with Crippen LogP contribution in [-0.4, -0.2) is 17.5 Å². The number of dihydropyridines is 1. The molecule has 1 aliphatic heterocycles. The molecule has 0 aromatic carbocycles. The molecule has 0 bridgehead atoms. The number of aliphatic hydroxyl groups excluding tert-OH is 1. The van der Waals surface area contributed by atoms with Crippen molar-refractivity contribution in [3.63, 3.8) is 0 Å². The molecule has 1 aliphatic rings. The average Bonchev–Trinajstić information content (AvgIpc) is 1.77. The van der Waals surface area contributed by atoms with Crippen LogP contribution >= 0.6 is 0 Å². The van der Waals surface area contributed by atoms with Gasteiger partial charge in [0.25, 0.3) is 0 Å². The normalized spacial score (nSPS) is 19.5. The highest BCUT2D eigenvalue weighted by Gasteiger charge is 2.01. The van der Waals surface area contributed by atoms with Gasteiger partial charge in [-0.15, -0.1) is 0 Å². The Labute approximate surface area is 47.5 Å². The summed E-state index contributed by atoms with van der Waals surface area (Å²) in [4.78, 5) is 3.79. The lowest BCUT2D eigenvalue weighted by atomic mass is 10.3. The minimum atomic E-state index is 0.122. The number of amidine groups is 1. The van der Waals surface area contributed by atoms with E-state index in [1.54, 1.807) is 6.08 Å². The predicted molar refractivity (Wildman–Crippen MR) is 31.8 cm³/mol. The van der Waals surface area contributed by atoms with Gasteiger partial charge in [-0.2, -0.15) is 0 Å². The maximum Gasteiger partial charge on any atom is 0.160 e. The van der Waals surface area contributed by atoms with E-state index >= 15 is 0 Å². The fraction of sp³-hybridized carbons (Fsp3) is 0.400. The summed E-state index contributed by atoms with van der Waals surface area (Å²) in [7, 11) is 0. The Hall–Kier alpha value is -0.990. The molecule has 0 spiro atoms. The zero-order valence-electron chi connectivity index (χ0n) is 4.46. The van der Waals surface area contributed by atoms with Gasteiger partial charge in [-0.3, -0.25) is 4.99 Å². The highest BCUT2D eigenvalue weighted by atomic mass is 16.3. The summed E-state index contributed by atoms with van der Waals surface area (Å²) in [6.45, 7) is 0.704. The molecule has 0 saturated carbocycles. The van der Waals surface area contributed by atoms with Crippen molar-refractivity contribution >= 4 is 5.84 Å². The van der Waals surface area contributed by atoms with Crippen LogP contribution in [0.15, 0.2) is 16.8 Å². The van der Waals surface area contributed by atoms with Crippen molar-refractivity contribution in [2.24, 2.45) is 10.7 Å². The van der Waals surface area contributed by atoms with Crippen LogP contribution in [0.25, 0.3) is 0 Å². The van der Waals surface area contributed by atoms with E-state index in [0.717, 1.165) is 6.42 Å². The van der Waals surface area contributed by atoms with Crippen LogP contribution in [0.1, 0.15) is 6.42 Å². The summed E-state index contributed by atoms with van der Waals surface area (Å²) in [6, 6.07) is 0. The first kappa shape index (κ1) is 5.15. The van der Waals surface area contributed by atoms with Gasteiger partial charge >= 0.3 is 0 Å². The van der Waals surface area contributed by atoms with Crippen molar-refractivity contribution in [1.82, 2.24) is 0 Å². The topological polar surface area (TPSA) is 58.6 Å². The van der Waals surface area contributed by atoms with Gasteiger partial charge < -0.3 is 10.8 Å². The second kappa shape index (κ2) is 1.86. The Morgan fingerprint density at radius 2 is 2.50 bits per heavy atom. The van der Waals surface area contributed by atoms with E-state index in [4.69, 9.17) is 10.8 Å². The molecule has 3 N–H and O–H groups in total. The molecule has 3 heteroatoms. The molecule has 0 aliphatic carbocycles. The first-order valence-electron chi connectivity index (χ1n) is 2.50. The van der Waals surface area contributed by atoms with E-state index in [1.807, 2.05) is 0 Å². The summed E-state index contributed by atoms with van der Waals surface area (Å²) in [6.07, 6.45) is 2.47. The van der Waals surface area contributed by atoms with Gasteiger partial charge in [-0.1, -0.05) is 0 Å². The Kier molecular flexibility index (Phi) is 1.20. The van der Waals surface area contributed by atoms with Crippen molar-refractivity contribution in [2.45, 2.75) is 6.42 Å². The Morgan fingerprint density at radius 1 is 1.75 bits per heavy atom. The third-order valence-corrected chi connectivity index (χ3v) is 1.01. The molecule has 0 unspecified atom stereocenters. The third kappa shape index (κ3) is 0.804. The van der Waals surface area contributed by atoms with E-state index in [1.165, 1.54) is 0 Å². The number of hydrogen-bond donors (Lipinski definition) is 2. The van der Waals surface area contributed by atoms with Gasteiger partial charge in [0.15, 0.2) is 11.6 Å². The van der Waals surface area contributed by atoms with E-state index in [-0.39, 0.29) is 11.6 Å². The smallest absolute Gasteiger partial charge is 0.160 e. The molecule has 1 rings (SSSR count). The van der Waals surface area contributed by atoms with E-state index in [9.17, 15) is 0 Å². The van der Waals surface area contributed by atoms with Gasteiger partial charge in [-0.05, 0) is 12.5 Å². The number of hydrogen-bond acceptors (Lipinski definition) is 3. The highest BCUT2D eigenvalue weighted by Crippen LogP contribution is 1.98. The van der Waals surface area contributed by atoms with Crippen LogP contribution in [0.4, 0.5) is 0 Å². The van der Waals surface area contributed by atoms with Crippen LogP contribution in [0.2, 0.25) is 0 Å². The molecule has 0 atom stereocenters. The summed E-state index contributed by atoms with van der Waals surface area (Å²) in [5, 5.41) is 8.78. The molecule has 8 heavy (non-hydrogen) atoms. The molecule has 0 saturated heterocycles. The third-order valence-electron chi connectivity index (χ3n) is 1.01. The Morgan fingerprint density at radius 3 is 2.88 bits per heavy atom. The van der Waals surface area contributed by atoms with Crippen molar-refractivity contribution < 1.29 is 5.11 Å². The summed E-state index contributed by atoms with van der Waals surface area (Å²) >= 11 is 0. The number of aliphatic hydroxyl groups is 1. The molecular formula is C5H8N2O. The lowest BCUT2D eigenvalue weighted by Gasteiger charge is -2.02. The second-order valence-corrected chi connectivity index (χ2v) is 1.65. The maximum absolute atomic E-state index is 8.78. The van der Waals surface area contributed by atoms with E-state index in [2.05, 4.69) is 4.99 Å². The van der Waals surface area contributed by atoms with Crippen LogP contribution in [0, 0.1) is 0 Å². The molecule has 3 nitrogen and oxygen atoms in total. The maximum atomic E-state index is 8.78. The largest absolute Gasteiger partial charge is 0.504 e. The molecule has 1 heterocycles. The zero-order valence-corrected chi connectivity index (χ0v) is 4.46. The summed E-state index contributed by atoms with van der Waals surface area (Å²) in [5.74, 6) is 0.382. The Bertz CT molecular complexity index is 131. The fourth-order valence-corrected chi connectivity index (χ4v) is 0.572. The summed E-state index contributed by atoms with van der Waals surface area (Å²) in [5.41, 5.74) is 5.21. The quantitative estimate of drug-likeness (QED) is 0.470. The minimum absolute atomic E-state index is 0.122. The minimum Gasteiger partial charge on any atom is -0.504 e. The van der Waals surface area contributed by atoms with Crippen LogP contribution < -0.4 is 5.73 Å². The Balaban J connectivity index is 2.73. The van der Waals surface area contributed by atoms with Crippen molar-refractivity contribution in [3.05, 3.63) is 11.8 Å². The zero-order chi connectivity index (χ0) is 5.98. The number of rotatable bonds is 0. The van der Waals surface area contributed by atoms with Gasteiger partial charge in [0.05, 0.1) is 0 Å². The average molecular weight is 112 g/mol. The van der Waals surface area contributed by atoms with Gasteiger partial charge in [0.2, 0.25) is 0 Å². The molecule has 0 amide bonds. The SMILES string of the molecule is NC1=NCCC=C1O. The van der Waals surface area contributed by atoms with Gasteiger partial charge in [-0.25, -0.2) is 0 Å². The molecule has 0 aromatic rings. The number of nitrogens with two attached hydrogens (primary N) is 1. The second-order valence-electron chi connectivity index (χ2n) is 1.65. The highest BCUT2D eigenvalue weighted by molar-refractivity contribution is 5.95. The van der Waals surface area contributed by atoms with Crippen molar-refractivity contribution in [3.8, 4) is 0 Å². The van der Waals surface area contributed by atoms with Crippen molar-refractivity contribution in [2.75, 3.05) is 6.54 Å². The lowest BCUT2D eigenvalue weighted by Crippen LogP contribution is -2.17. The molecular weight excluding hydrogens is 104 g/mol. The van der Waals surface area contributed by atoms with Gasteiger partial charge in [0, 0.05) is 6.54 Å². The molecule has 44 valence electrons. The van der Waals surface area contributed by atoms with E-state index < -0.39 is 0 Å². The standard InChI is InChI=1S/C5H8N2O/c6-5-4(8)2-1-3-7-5/h2,8H,1,3H2,(H2,6,7). The fourth-order valence-electron chi connectivity index (χ4n) is 0.572. The van der Waals surface area contributed by atoms with Crippen LogP contribution in [-0.2, 0) is 0 Å². The predicted octanol–water partition coefficient (Wildman–Crippen LogP) is 0.189. The first-order chi connectivity index (χ1) is 3.80. The molecule has 0 aromatic heterocycles. The monoisotopic (exact) mass is 112 g/mol. The van der Waals surface area contributed by atoms with Crippen molar-refractivity contribution in [1.29, 1.82) is 0 Å². The number of aliphatic imine (C=N–C) groups is 1. The summed E-state index contributed by atoms with van der Waals surface area (Å²) < 4.78 is 0. The first-order valence-corrected chi connectivity index (χ1v) is 2.50. The molecule has 0 fully saturated rings. The number of nitrogens with zero attached hydrogens (tertiary/aromatic N) is 1. The molecule has 0 radical (unpaired) electrons.